The molecule has 0 aliphatic rings. The lowest BCUT2D eigenvalue weighted by Gasteiger charge is -1.94. The topological polar surface area (TPSA) is 51.3 Å². The molecule has 1 aromatic heterocycles. The summed E-state index contributed by atoms with van der Waals surface area (Å²) in [5, 5.41) is 0. The van der Waals surface area contributed by atoms with Crippen LogP contribution in [0, 0.1) is 0 Å². The highest BCUT2D eigenvalue weighted by molar-refractivity contribution is 5.51. The van der Waals surface area contributed by atoms with Crippen LogP contribution in [-0.4, -0.2) is 17.9 Å². The fraction of sp³-hybridized carbons (Fsp3) is 0.250. The van der Waals surface area contributed by atoms with Crippen LogP contribution in [0.1, 0.15) is 5.56 Å². The monoisotopic (exact) mass is 149 g/mol. The summed E-state index contributed by atoms with van der Waals surface area (Å²) in [6, 6.07) is 3.94. The zero-order valence-corrected chi connectivity index (χ0v) is 6.27. The number of aliphatic imine (C=N–C) groups is 1. The Hall–Kier alpha value is -1.38. The van der Waals surface area contributed by atoms with Gasteiger partial charge in [0.25, 0.3) is 0 Å². The lowest BCUT2D eigenvalue weighted by atomic mass is 10.2. The van der Waals surface area contributed by atoms with E-state index in [0.29, 0.717) is 0 Å². The average molecular weight is 149 g/mol. The maximum atomic E-state index is 5.09. The summed E-state index contributed by atoms with van der Waals surface area (Å²) < 4.78 is 0. The SMILES string of the molecule is NC=NCCc1cccnc1. The molecule has 0 saturated heterocycles. The van der Waals surface area contributed by atoms with Crippen LogP contribution < -0.4 is 5.73 Å². The van der Waals surface area contributed by atoms with Gasteiger partial charge in [-0.3, -0.25) is 9.98 Å². The van der Waals surface area contributed by atoms with Gasteiger partial charge >= 0.3 is 0 Å². The molecule has 1 rings (SSSR count). The van der Waals surface area contributed by atoms with Gasteiger partial charge in [-0.05, 0) is 18.1 Å². The molecule has 0 aliphatic heterocycles. The summed E-state index contributed by atoms with van der Waals surface area (Å²) in [5.41, 5.74) is 6.28. The molecule has 1 heterocycles. The summed E-state index contributed by atoms with van der Waals surface area (Å²) in [6.45, 7) is 0.738. The predicted molar refractivity (Wildman–Crippen MR) is 45.5 cm³/mol. The molecule has 3 heteroatoms. The smallest absolute Gasteiger partial charge is 0.0797 e. The van der Waals surface area contributed by atoms with E-state index in [1.54, 1.807) is 6.20 Å². The Bertz CT molecular complexity index is 218. The van der Waals surface area contributed by atoms with Crippen LogP contribution in [0.25, 0.3) is 0 Å². The van der Waals surface area contributed by atoms with Crippen molar-refractivity contribution in [2.75, 3.05) is 6.54 Å². The molecule has 0 radical (unpaired) electrons. The summed E-state index contributed by atoms with van der Waals surface area (Å²) in [7, 11) is 0. The van der Waals surface area contributed by atoms with Gasteiger partial charge in [0.05, 0.1) is 6.34 Å². The number of nitrogens with two attached hydrogens (primary N) is 1. The maximum absolute atomic E-state index is 5.09. The van der Waals surface area contributed by atoms with Crippen LogP contribution in [0.4, 0.5) is 0 Å². The summed E-state index contributed by atoms with van der Waals surface area (Å²) in [6.07, 6.45) is 5.83. The first-order valence-corrected chi connectivity index (χ1v) is 3.52. The lowest BCUT2D eigenvalue weighted by Crippen LogP contribution is -1.94. The Balaban J connectivity index is 2.39. The van der Waals surface area contributed by atoms with Gasteiger partial charge in [0.1, 0.15) is 0 Å². The van der Waals surface area contributed by atoms with Crippen molar-refractivity contribution in [2.45, 2.75) is 6.42 Å². The highest BCUT2D eigenvalue weighted by atomic mass is 14.8. The third kappa shape index (κ3) is 2.80. The van der Waals surface area contributed by atoms with Gasteiger partial charge in [-0.25, -0.2) is 0 Å². The minimum absolute atomic E-state index is 0.738. The Morgan fingerprint density at radius 2 is 2.55 bits per heavy atom. The molecule has 0 fully saturated rings. The Labute approximate surface area is 66.0 Å². The van der Waals surface area contributed by atoms with E-state index in [1.165, 1.54) is 11.9 Å². The fourth-order valence-corrected chi connectivity index (χ4v) is 0.814. The van der Waals surface area contributed by atoms with Gasteiger partial charge < -0.3 is 5.73 Å². The van der Waals surface area contributed by atoms with Crippen molar-refractivity contribution in [1.29, 1.82) is 0 Å². The standard InChI is InChI=1S/C8H11N3/c9-7-11-5-3-8-2-1-4-10-6-8/h1-2,4,6-7H,3,5H2,(H2,9,11). The molecule has 58 valence electrons. The van der Waals surface area contributed by atoms with Gasteiger partial charge in [-0.2, -0.15) is 0 Å². The second-order valence-electron chi connectivity index (χ2n) is 2.17. The van der Waals surface area contributed by atoms with Crippen LogP contribution in [0.5, 0.6) is 0 Å². The number of nitrogens with zero attached hydrogens (tertiary/aromatic N) is 2. The van der Waals surface area contributed by atoms with E-state index in [2.05, 4.69) is 9.98 Å². The number of hydrogen-bond donors (Lipinski definition) is 1. The number of hydrogen-bond acceptors (Lipinski definition) is 2. The average Bonchev–Trinajstić information content (AvgIpc) is 2.07. The summed E-state index contributed by atoms with van der Waals surface area (Å²) >= 11 is 0. The number of rotatable bonds is 3. The molecule has 0 atom stereocenters. The molecular formula is C8H11N3. The molecule has 0 amide bonds. The number of pyridine rings is 1. The van der Waals surface area contributed by atoms with Gasteiger partial charge in [0.2, 0.25) is 0 Å². The van der Waals surface area contributed by atoms with Crippen molar-refractivity contribution in [3.63, 3.8) is 0 Å². The van der Waals surface area contributed by atoms with Crippen LogP contribution in [0.15, 0.2) is 29.5 Å². The molecule has 1 aromatic rings. The molecule has 0 unspecified atom stereocenters. The van der Waals surface area contributed by atoms with Gasteiger partial charge in [-0.15, -0.1) is 0 Å². The third-order valence-corrected chi connectivity index (χ3v) is 1.36. The summed E-state index contributed by atoms with van der Waals surface area (Å²) in [5.74, 6) is 0. The second kappa shape index (κ2) is 4.44. The van der Waals surface area contributed by atoms with E-state index in [9.17, 15) is 0 Å². The molecule has 2 N–H and O–H groups in total. The normalized spacial score (nSPS) is 10.5. The molecule has 0 bridgehead atoms. The zero-order chi connectivity index (χ0) is 7.94. The summed E-state index contributed by atoms with van der Waals surface area (Å²) in [4.78, 5) is 7.87. The first-order valence-electron chi connectivity index (χ1n) is 3.52. The minimum Gasteiger partial charge on any atom is -0.390 e. The van der Waals surface area contributed by atoms with E-state index >= 15 is 0 Å². The quantitative estimate of drug-likeness (QED) is 0.505. The predicted octanol–water partition coefficient (Wildman–Crippen LogP) is 0.611. The molecule has 0 aromatic carbocycles. The largest absolute Gasteiger partial charge is 0.390 e. The Morgan fingerprint density at radius 3 is 3.18 bits per heavy atom. The third-order valence-electron chi connectivity index (χ3n) is 1.36. The molecule has 11 heavy (non-hydrogen) atoms. The van der Waals surface area contributed by atoms with E-state index < -0.39 is 0 Å². The van der Waals surface area contributed by atoms with Gasteiger partial charge in [-0.1, -0.05) is 6.07 Å². The van der Waals surface area contributed by atoms with E-state index in [1.807, 2.05) is 18.3 Å². The molecule has 0 saturated carbocycles. The highest BCUT2D eigenvalue weighted by Gasteiger charge is 1.88. The van der Waals surface area contributed by atoms with Gasteiger partial charge in [0.15, 0.2) is 0 Å². The molecule has 0 aliphatic carbocycles. The maximum Gasteiger partial charge on any atom is 0.0797 e. The number of aromatic nitrogens is 1. The Morgan fingerprint density at radius 1 is 1.64 bits per heavy atom. The van der Waals surface area contributed by atoms with Gasteiger partial charge in [0, 0.05) is 18.9 Å². The van der Waals surface area contributed by atoms with Crippen LogP contribution in [0.2, 0.25) is 0 Å². The van der Waals surface area contributed by atoms with E-state index in [0.717, 1.165) is 13.0 Å². The van der Waals surface area contributed by atoms with Crippen molar-refractivity contribution in [3.8, 4) is 0 Å². The molecule has 3 nitrogen and oxygen atoms in total. The lowest BCUT2D eigenvalue weighted by molar-refractivity contribution is 0.961. The van der Waals surface area contributed by atoms with Crippen molar-refractivity contribution in [1.82, 2.24) is 4.98 Å². The van der Waals surface area contributed by atoms with Crippen molar-refractivity contribution >= 4 is 6.34 Å². The van der Waals surface area contributed by atoms with Crippen LogP contribution in [-0.2, 0) is 6.42 Å². The zero-order valence-electron chi connectivity index (χ0n) is 6.27. The van der Waals surface area contributed by atoms with E-state index in [4.69, 9.17) is 5.73 Å². The first kappa shape index (κ1) is 7.72. The van der Waals surface area contributed by atoms with Crippen molar-refractivity contribution in [3.05, 3.63) is 30.1 Å². The van der Waals surface area contributed by atoms with Crippen LogP contribution in [0.3, 0.4) is 0 Å². The van der Waals surface area contributed by atoms with Crippen molar-refractivity contribution < 1.29 is 0 Å². The fourth-order valence-electron chi connectivity index (χ4n) is 0.814. The molecular weight excluding hydrogens is 138 g/mol. The van der Waals surface area contributed by atoms with Crippen LogP contribution >= 0.6 is 0 Å². The molecule has 0 spiro atoms. The van der Waals surface area contributed by atoms with E-state index in [-0.39, 0.29) is 0 Å². The Kier molecular flexibility index (Phi) is 3.12. The highest BCUT2D eigenvalue weighted by Crippen LogP contribution is 1.95. The minimum atomic E-state index is 0.738. The first-order chi connectivity index (χ1) is 5.43. The van der Waals surface area contributed by atoms with Crippen molar-refractivity contribution in [2.24, 2.45) is 10.7 Å². The second-order valence-corrected chi connectivity index (χ2v) is 2.17.